The molecule has 0 amide bonds. The van der Waals surface area contributed by atoms with E-state index < -0.39 is 5.97 Å². The third-order valence-corrected chi connectivity index (χ3v) is 1.93. The molecule has 2 heterocycles. The molecule has 5 nitrogen and oxygen atoms in total. The van der Waals surface area contributed by atoms with Gasteiger partial charge < -0.3 is 9.90 Å². The molecule has 2 aromatic rings. The van der Waals surface area contributed by atoms with E-state index in [0.29, 0.717) is 5.82 Å². The molecule has 0 fully saturated rings. The number of carbonyl (C=O) groups is 1. The van der Waals surface area contributed by atoms with Crippen molar-refractivity contribution in [2.75, 3.05) is 0 Å². The standard InChI is InChI=1S/C10H9N3O2.Cs/c1-7-4-8(10(14)15)12-9(5-7)13-3-2-11-6-13;/h2-6H,1H3,(H,14,15);/q;+1/p-1. The number of hydrogen-bond acceptors (Lipinski definition) is 4. The van der Waals surface area contributed by atoms with E-state index in [1.807, 2.05) is 0 Å². The average Bonchev–Trinajstić information content (AvgIpc) is 2.69. The molecule has 2 aromatic heterocycles. The number of aryl methyl sites for hydroxylation is 1. The number of carbonyl (C=O) groups excluding carboxylic acids is 1. The molecule has 0 bridgehead atoms. The molecular formula is C10H8CsN3O2. The van der Waals surface area contributed by atoms with Crippen LogP contribution in [-0.4, -0.2) is 20.5 Å². The van der Waals surface area contributed by atoms with E-state index in [1.54, 1.807) is 36.3 Å². The maximum atomic E-state index is 10.7. The van der Waals surface area contributed by atoms with Gasteiger partial charge in [0.25, 0.3) is 0 Å². The third-order valence-electron chi connectivity index (χ3n) is 1.93. The summed E-state index contributed by atoms with van der Waals surface area (Å²) in [7, 11) is 0. The molecular weight excluding hydrogens is 327 g/mol. The largest absolute Gasteiger partial charge is 1.00 e. The number of pyridine rings is 1. The SMILES string of the molecule is Cc1cc(C(=O)[O-])nc(-n2ccnc2)c1.[Cs+]. The molecule has 0 N–H and O–H groups in total. The Bertz CT molecular complexity index is 497. The normalized spacial score (nSPS) is 9.56. The van der Waals surface area contributed by atoms with E-state index in [9.17, 15) is 9.90 Å². The molecule has 6 heteroatoms. The second-order valence-electron chi connectivity index (χ2n) is 3.15. The van der Waals surface area contributed by atoms with E-state index in [0.717, 1.165) is 5.56 Å². The molecule has 16 heavy (non-hydrogen) atoms. The van der Waals surface area contributed by atoms with Crippen LogP contribution in [0.3, 0.4) is 0 Å². The predicted octanol–water partition coefficient (Wildman–Crippen LogP) is -3.06. The van der Waals surface area contributed by atoms with Crippen molar-refractivity contribution in [1.82, 2.24) is 14.5 Å². The number of carboxylic acid groups (broad SMARTS) is 1. The molecule has 2 rings (SSSR count). The van der Waals surface area contributed by atoms with Crippen LogP contribution in [0.5, 0.6) is 0 Å². The van der Waals surface area contributed by atoms with E-state index in [4.69, 9.17) is 0 Å². The summed E-state index contributed by atoms with van der Waals surface area (Å²) in [6.45, 7) is 1.80. The minimum atomic E-state index is -1.28. The summed E-state index contributed by atoms with van der Waals surface area (Å²) in [6.07, 6.45) is 4.85. The van der Waals surface area contributed by atoms with Crippen molar-refractivity contribution >= 4 is 5.97 Å². The van der Waals surface area contributed by atoms with Crippen molar-refractivity contribution in [3.63, 3.8) is 0 Å². The van der Waals surface area contributed by atoms with Gasteiger partial charge in [-0.2, -0.15) is 0 Å². The van der Waals surface area contributed by atoms with Crippen LogP contribution < -0.4 is 74.0 Å². The molecule has 0 radical (unpaired) electrons. The van der Waals surface area contributed by atoms with E-state index in [1.165, 1.54) is 6.07 Å². The fourth-order valence-corrected chi connectivity index (χ4v) is 1.28. The Morgan fingerprint density at radius 3 is 2.75 bits per heavy atom. The van der Waals surface area contributed by atoms with E-state index in [2.05, 4.69) is 9.97 Å². The van der Waals surface area contributed by atoms with Gasteiger partial charge in [-0.1, -0.05) is 0 Å². The average molecular weight is 335 g/mol. The van der Waals surface area contributed by atoms with Gasteiger partial charge in [-0.25, -0.2) is 9.97 Å². The van der Waals surface area contributed by atoms with Crippen molar-refractivity contribution in [3.05, 3.63) is 42.1 Å². The maximum Gasteiger partial charge on any atom is 1.00 e. The van der Waals surface area contributed by atoms with Gasteiger partial charge in [0.15, 0.2) is 0 Å². The number of hydrogen-bond donors (Lipinski definition) is 0. The molecule has 0 aliphatic carbocycles. The van der Waals surface area contributed by atoms with Crippen LogP contribution in [0.25, 0.3) is 5.82 Å². The van der Waals surface area contributed by atoms with Crippen LogP contribution >= 0.6 is 0 Å². The minimum Gasteiger partial charge on any atom is -0.543 e. The molecule has 0 saturated heterocycles. The van der Waals surface area contributed by atoms with E-state index in [-0.39, 0.29) is 74.6 Å². The van der Waals surface area contributed by atoms with Gasteiger partial charge in [0.05, 0.1) is 11.7 Å². The molecule has 0 aromatic carbocycles. The van der Waals surface area contributed by atoms with Gasteiger partial charge in [-0.05, 0) is 24.6 Å². The van der Waals surface area contributed by atoms with Gasteiger partial charge >= 0.3 is 68.9 Å². The fraction of sp³-hybridized carbons (Fsp3) is 0.100. The van der Waals surface area contributed by atoms with Crippen molar-refractivity contribution in [2.24, 2.45) is 0 Å². The van der Waals surface area contributed by atoms with Gasteiger partial charge in [-0.15, -0.1) is 0 Å². The Morgan fingerprint density at radius 2 is 2.19 bits per heavy atom. The smallest absolute Gasteiger partial charge is 0.543 e. The zero-order chi connectivity index (χ0) is 10.8. The topological polar surface area (TPSA) is 70.8 Å². The quantitative estimate of drug-likeness (QED) is 0.585. The third kappa shape index (κ3) is 3.19. The number of rotatable bonds is 2. The Morgan fingerprint density at radius 1 is 1.44 bits per heavy atom. The molecule has 76 valence electrons. The summed E-state index contributed by atoms with van der Waals surface area (Å²) in [6, 6.07) is 3.24. The Hall–Kier alpha value is -0.118. The number of nitrogens with zero attached hydrogens (tertiary/aromatic N) is 3. The summed E-state index contributed by atoms with van der Waals surface area (Å²) in [5.74, 6) is -0.758. The zero-order valence-electron chi connectivity index (χ0n) is 9.04. The van der Waals surface area contributed by atoms with Crippen molar-refractivity contribution in [3.8, 4) is 5.82 Å². The molecule has 0 aliphatic heterocycles. The second-order valence-corrected chi connectivity index (χ2v) is 3.15. The number of carboxylic acids is 1. The summed E-state index contributed by atoms with van der Waals surface area (Å²) in [5.41, 5.74) is 0.742. The number of aromatic nitrogens is 3. The monoisotopic (exact) mass is 335 g/mol. The van der Waals surface area contributed by atoms with Crippen LogP contribution in [0, 0.1) is 6.92 Å². The molecule has 0 spiro atoms. The van der Waals surface area contributed by atoms with Crippen LogP contribution in [-0.2, 0) is 0 Å². The van der Waals surface area contributed by atoms with Gasteiger partial charge in [-0.3, -0.25) is 4.57 Å². The van der Waals surface area contributed by atoms with Crippen molar-refractivity contribution in [2.45, 2.75) is 6.92 Å². The first-order valence-electron chi connectivity index (χ1n) is 4.35. The maximum absolute atomic E-state index is 10.7. The molecule has 0 saturated carbocycles. The first-order chi connectivity index (χ1) is 7.16. The number of imidazole rings is 1. The minimum absolute atomic E-state index is 0. The van der Waals surface area contributed by atoms with Crippen LogP contribution in [0.4, 0.5) is 0 Å². The van der Waals surface area contributed by atoms with Crippen LogP contribution in [0.15, 0.2) is 30.9 Å². The summed E-state index contributed by atoms with van der Waals surface area (Å²) >= 11 is 0. The first-order valence-corrected chi connectivity index (χ1v) is 4.35. The zero-order valence-corrected chi connectivity index (χ0v) is 15.3. The fourth-order valence-electron chi connectivity index (χ4n) is 1.28. The number of aromatic carboxylic acids is 1. The van der Waals surface area contributed by atoms with Crippen molar-refractivity contribution in [1.29, 1.82) is 0 Å². The second kappa shape index (κ2) is 5.99. The predicted molar refractivity (Wildman–Crippen MR) is 50.4 cm³/mol. The summed E-state index contributed by atoms with van der Waals surface area (Å²) < 4.78 is 1.64. The Labute approximate surface area is 151 Å². The molecule has 0 aliphatic rings. The Balaban J connectivity index is 0.00000128. The van der Waals surface area contributed by atoms with Gasteiger partial charge in [0.2, 0.25) is 0 Å². The van der Waals surface area contributed by atoms with Crippen molar-refractivity contribution < 1.29 is 78.8 Å². The van der Waals surface area contributed by atoms with Gasteiger partial charge in [0.1, 0.15) is 12.1 Å². The molecule has 0 unspecified atom stereocenters. The molecule has 0 atom stereocenters. The van der Waals surface area contributed by atoms with E-state index >= 15 is 0 Å². The van der Waals surface area contributed by atoms with Crippen LogP contribution in [0.2, 0.25) is 0 Å². The van der Waals surface area contributed by atoms with Gasteiger partial charge in [0, 0.05) is 12.4 Å². The Kier molecular flexibility index (Phi) is 5.22. The summed E-state index contributed by atoms with van der Waals surface area (Å²) in [4.78, 5) is 18.5. The summed E-state index contributed by atoms with van der Waals surface area (Å²) in [5, 5.41) is 10.7. The van der Waals surface area contributed by atoms with Crippen LogP contribution in [0.1, 0.15) is 16.1 Å². The first kappa shape index (κ1) is 13.9.